The van der Waals surface area contributed by atoms with Crippen LogP contribution in [0.3, 0.4) is 0 Å². The molecule has 1 N–H and O–H groups in total. The molecule has 64 valence electrons. The van der Waals surface area contributed by atoms with E-state index in [1.807, 2.05) is 0 Å². The van der Waals surface area contributed by atoms with Crippen molar-refractivity contribution in [1.82, 2.24) is 10.2 Å². The molecule has 0 saturated carbocycles. The van der Waals surface area contributed by atoms with Gasteiger partial charge in [-0.15, -0.1) is 0 Å². The predicted molar refractivity (Wildman–Crippen MR) is 44.3 cm³/mol. The molecule has 0 aromatic heterocycles. The third kappa shape index (κ3) is 1.78. The molecule has 4 nitrogen and oxygen atoms in total. The molecule has 0 saturated heterocycles. The first-order chi connectivity index (χ1) is 5.63. The lowest BCUT2D eigenvalue weighted by Gasteiger charge is -2.18. The first kappa shape index (κ1) is 9.09. The van der Waals surface area contributed by atoms with E-state index in [0.717, 1.165) is 4.90 Å². The van der Waals surface area contributed by atoms with Crippen molar-refractivity contribution in [2.45, 2.75) is 0 Å². The van der Waals surface area contributed by atoms with Crippen molar-refractivity contribution < 1.29 is 9.59 Å². The maximum atomic E-state index is 10.7. The van der Waals surface area contributed by atoms with Crippen molar-refractivity contribution >= 4 is 33.8 Å². The van der Waals surface area contributed by atoms with Crippen LogP contribution in [0.2, 0.25) is 0 Å². The number of nitrogens with zero attached hydrogens (tertiary/aromatic N) is 1. The van der Waals surface area contributed by atoms with E-state index in [-0.39, 0.29) is 5.70 Å². The van der Waals surface area contributed by atoms with Gasteiger partial charge in [0.15, 0.2) is 0 Å². The fourth-order valence-corrected chi connectivity index (χ4v) is 0.992. The Bertz CT molecular complexity index is 285. The lowest BCUT2D eigenvalue weighted by Crippen LogP contribution is -2.27. The molecule has 0 bridgehead atoms. The zero-order chi connectivity index (χ0) is 9.14. The molecule has 0 aromatic rings. The molecule has 1 heterocycles. The topological polar surface area (TPSA) is 49.4 Å². The molecule has 0 aliphatic carbocycles. The monoisotopic (exact) mass is 206 g/mol. The van der Waals surface area contributed by atoms with E-state index in [4.69, 9.17) is 23.2 Å². The number of carbonyl (C=O) groups is 2. The Balaban J connectivity index is 2.90. The third-order valence-corrected chi connectivity index (χ3v) is 1.57. The highest BCUT2D eigenvalue weighted by atomic mass is 35.5. The number of rotatable bonds is 1. The summed E-state index contributed by atoms with van der Waals surface area (Å²) in [6.45, 7) is 0. The van der Waals surface area contributed by atoms with Gasteiger partial charge < -0.3 is 5.32 Å². The molecule has 0 fully saturated rings. The summed E-state index contributed by atoms with van der Waals surface area (Å²) < 4.78 is 0. The standard InChI is InChI=1S/C6H4Cl2N2O2/c7-5(11)4-3-9-1-2-10(4)6(8)12/h1-3,9H. The van der Waals surface area contributed by atoms with Gasteiger partial charge in [0.1, 0.15) is 5.70 Å². The van der Waals surface area contributed by atoms with E-state index in [1.165, 1.54) is 18.6 Å². The van der Waals surface area contributed by atoms with Crippen LogP contribution in [-0.4, -0.2) is 15.5 Å². The van der Waals surface area contributed by atoms with Gasteiger partial charge >= 0.3 is 5.37 Å². The Morgan fingerprint density at radius 1 is 1.42 bits per heavy atom. The number of halogens is 2. The summed E-state index contributed by atoms with van der Waals surface area (Å²) in [5.41, 5.74) is -0.000772. The molecule has 0 unspecified atom stereocenters. The lowest BCUT2D eigenvalue weighted by molar-refractivity contribution is -0.109. The summed E-state index contributed by atoms with van der Waals surface area (Å²) in [4.78, 5) is 22.3. The van der Waals surface area contributed by atoms with Crippen LogP contribution >= 0.6 is 23.2 Å². The summed E-state index contributed by atoms with van der Waals surface area (Å²) >= 11 is 10.3. The maximum absolute atomic E-state index is 10.7. The van der Waals surface area contributed by atoms with E-state index in [2.05, 4.69) is 5.32 Å². The minimum atomic E-state index is -0.784. The summed E-state index contributed by atoms with van der Waals surface area (Å²) in [5.74, 6) is 0. The molecular formula is C6H4Cl2N2O2. The maximum Gasteiger partial charge on any atom is 0.325 e. The molecule has 1 aliphatic rings. The van der Waals surface area contributed by atoms with E-state index < -0.39 is 10.6 Å². The van der Waals surface area contributed by atoms with Crippen LogP contribution in [0.4, 0.5) is 4.79 Å². The minimum absolute atomic E-state index is 0.000772. The fraction of sp³-hybridized carbons (Fsp3) is 0. The molecule has 6 heteroatoms. The van der Waals surface area contributed by atoms with Crippen LogP contribution in [0.5, 0.6) is 0 Å². The number of carbonyl (C=O) groups excluding carboxylic acids is 2. The summed E-state index contributed by atoms with van der Waals surface area (Å²) in [6, 6.07) is 0. The average Bonchev–Trinajstić information content (AvgIpc) is 2.04. The van der Waals surface area contributed by atoms with Crippen LogP contribution in [0.1, 0.15) is 0 Å². The van der Waals surface area contributed by atoms with Gasteiger partial charge in [-0.05, 0) is 23.2 Å². The highest BCUT2D eigenvalue weighted by Crippen LogP contribution is 2.13. The van der Waals surface area contributed by atoms with E-state index in [0.29, 0.717) is 0 Å². The number of hydrogen-bond acceptors (Lipinski definition) is 3. The number of hydrogen-bond donors (Lipinski definition) is 1. The average molecular weight is 207 g/mol. The van der Waals surface area contributed by atoms with Crippen LogP contribution in [0.15, 0.2) is 24.3 Å². The van der Waals surface area contributed by atoms with Crippen LogP contribution in [0.25, 0.3) is 0 Å². The van der Waals surface area contributed by atoms with Gasteiger partial charge in [-0.25, -0.2) is 0 Å². The summed E-state index contributed by atoms with van der Waals surface area (Å²) in [5, 5.41) is 1.07. The molecular weight excluding hydrogens is 203 g/mol. The molecule has 0 spiro atoms. The minimum Gasteiger partial charge on any atom is -0.364 e. The molecule has 1 aliphatic heterocycles. The number of nitrogens with one attached hydrogen (secondary N) is 1. The molecule has 12 heavy (non-hydrogen) atoms. The van der Waals surface area contributed by atoms with Crippen molar-refractivity contribution in [2.24, 2.45) is 0 Å². The molecule has 1 amide bonds. The van der Waals surface area contributed by atoms with Gasteiger partial charge in [0.2, 0.25) is 0 Å². The molecule has 0 radical (unpaired) electrons. The van der Waals surface area contributed by atoms with Crippen LogP contribution in [0, 0.1) is 0 Å². The highest BCUT2D eigenvalue weighted by molar-refractivity contribution is 6.69. The Morgan fingerprint density at radius 2 is 2.08 bits per heavy atom. The largest absolute Gasteiger partial charge is 0.364 e. The Hall–Kier alpha value is -1.000. The second-order valence-electron chi connectivity index (χ2n) is 1.91. The van der Waals surface area contributed by atoms with Gasteiger partial charge in [-0.1, -0.05) is 0 Å². The van der Waals surface area contributed by atoms with E-state index in [1.54, 1.807) is 0 Å². The Morgan fingerprint density at radius 3 is 2.50 bits per heavy atom. The van der Waals surface area contributed by atoms with Crippen molar-refractivity contribution in [3.63, 3.8) is 0 Å². The van der Waals surface area contributed by atoms with E-state index in [9.17, 15) is 9.59 Å². The third-order valence-electron chi connectivity index (χ3n) is 1.19. The summed E-state index contributed by atoms with van der Waals surface area (Å²) in [7, 11) is 0. The first-order valence-electron chi connectivity index (χ1n) is 2.94. The summed E-state index contributed by atoms with van der Waals surface area (Å²) in [6.07, 6.45) is 4.05. The fourth-order valence-electron chi connectivity index (χ4n) is 0.699. The Kier molecular flexibility index (Phi) is 2.73. The smallest absolute Gasteiger partial charge is 0.325 e. The zero-order valence-electron chi connectivity index (χ0n) is 5.75. The van der Waals surface area contributed by atoms with Gasteiger partial charge in [-0.3, -0.25) is 14.5 Å². The van der Waals surface area contributed by atoms with Gasteiger partial charge in [0, 0.05) is 18.6 Å². The van der Waals surface area contributed by atoms with Crippen molar-refractivity contribution in [1.29, 1.82) is 0 Å². The highest BCUT2D eigenvalue weighted by Gasteiger charge is 2.20. The zero-order valence-corrected chi connectivity index (χ0v) is 7.26. The molecule has 0 atom stereocenters. The Labute approximate surface area is 78.4 Å². The molecule has 1 rings (SSSR count). The number of amides is 1. The van der Waals surface area contributed by atoms with Crippen LogP contribution in [-0.2, 0) is 4.79 Å². The van der Waals surface area contributed by atoms with Gasteiger partial charge in [-0.2, -0.15) is 0 Å². The first-order valence-corrected chi connectivity index (χ1v) is 3.70. The van der Waals surface area contributed by atoms with Crippen molar-refractivity contribution in [2.75, 3.05) is 0 Å². The van der Waals surface area contributed by atoms with Gasteiger partial charge in [0.25, 0.3) is 5.24 Å². The van der Waals surface area contributed by atoms with Crippen LogP contribution < -0.4 is 5.32 Å². The second-order valence-corrected chi connectivity index (χ2v) is 2.58. The molecule has 0 aromatic carbocycles. The number of allylic oxidation sites excluding steroid dienone is 1. The quantitative estimate of drug-likeness (QED) is 0.521. The van der Waals surface area contributed by atoms with Crippen molar-refractivity contribution in [3.05, 3.63) is 24.3 Å². The second kappa shape index (κ2) is 3.60. The predicted octanol–water partition coefficient (Wildman–Crippen LogP) is 1.33. The SMILES string of the molecule is O=C(Cl)C1=CNC=CN1C(=O)Cl. The lowest BCUT2D eigenvalue weighted by atomic mass is 10.4. The van der Waals surface area contributed by atoms with Crippen molar-refractivity contribution in [3.8, 4) is 0 Å². The van der Waals surface area contributed by atoms with E-state index >= 15 is 0 Å². The normalized spacial score (nSPS) is 15.2. The van der Waals surface area contributed by atoms with Gasteiger partial charge in [0.05, 0.1) is 0 Å².